The number of amides is 1. The van der Waals surface area contributed by atoms with Gasteiger partial charge in [-0.15, -0.1) is 0 Å². The minimum atomic E-state index is -0.341. The summed E-state index contributed by atoms with van der Waals surface area (Å²) >= 11 is 9.39. The second-order valence-corrected chi connectivity index (χ2v) is 7.66. The highest BCUT2D eigenvalue weighted by atomic mass is 79.9. The smallest absolute Gasteiger partial charge is 0.271 e. The predicted octanol–water partition coefficient (Wildman–Crippen LogP) is 5.17. The van der Waals surface area contributed by atoms with Crippen molar-refractivity contribution in [1.29, 1.82) is 0 Å². The van der Waals surface area contributed by atoms with E-state index in [0.717, 1.165) is 15.6 Å². The fourth-order valence-corrected chi connectivity index (χ4v) is 3.36. The Kier molecular flexibility index (Phi) is 6.21. The van der Waals surface area contributed by atoms with Crippen LogP contribution in [-0.4, -0.2) is 18.9 Å². The summed E-state index contributed by atoms with van der Waals surface area (Å²) in [5, 5.41) is 4.70. The van der Waals surface area contributed by atoms with E-state index in [2.05, 4.69) is 26.5 Å². The van der Waals surface area contributed by atoms with Gasteiger partial charge in [0.1, 0.15) is 12.4 Å². The molecule has 0 aliphatic carbocycles. The monoisotopic (exact) mass is 486 g/mol. The third kappa shape index (κ3) is 4.93. The molecule has 0 atom stereocenters. The summed E-state index contributed by atoms with van der Waals surface area (Å²) < 4.78 is 17.1. The van der Waals surface area contributed by atoms with Crippen LogP contribution >= 0.6 is 27.5 Å². The van der Waals surface area contributed by atoms with E-state index in [1.54, 1.807) is 24.4 Å². The molecule has 0 bridgehead atoms. The first-order valence-electron chi connectivity index (χ1n) is 8.98. The van der Waals surface area contributed by atoms with Crippen molar-refractivity contribution in [1.82, 2.24) is 5.43 Å². The molecule has 0 unspecified atom stereocenters. The molecule has 0 radical (unpaired) electrons. The Morgan fingerprint density at radius 2 is 1.90 bits per heavy atom. The van der Waals surface area contributed by atoms with Crippen LogP contribution in [0.3, 0.4) is 0 Å². The van der Waals surface area contributed by atoms with Gasteiger partial charge in [0.2, 0.25) is 6.79 Å². The number of nitrogens with zero attached hydrogens (tertiary/aromatic N) is 1. The first-order valence-corrected chi connectivity index (χ1v) is 10.2. The maximum atomic E-state index is 12.2. The fourth-order valence-electron chi connectivity index (χ4n) is 2.72. The molecular formula is C22H16BrClN2O4. The molecule has 8 heteroatoms. The standard InChI is InChI=1S/C22H16BrClN2O4/c23-18-9-15(3-7-19(18)28-12-14-1-5-17(24)6-2-14)11-25-26-22(27)16-4-8-20-21(10-16)30-13-29-20/h1-11H,12-13H2,(H,26,27)/b25-11-. The van der Waals surface area contributed by atoms with Gasteiger partial charge >= 0.3 is 0 Å². The molecule has 6 nitrogen and oxygen atoms in total. The van der Waals surface area contributed by atoms with Gasteiger partial charge in [-0.25, -0.2) is 5.43 Å². The molecule has 3 aromatic carbocycles. The lowest BCUT2D eigenvalue weighted by Gasteiger charge is -2.09. The minimum absolute atomic E-state index is 0.160. The highest BCUT2D eigenvalue weighted by molar-refractivity contribution is 9.10. The number of benzene rings is 3. The van der Waals surface area contributed by atoms with E-state index >= 15 is 0 Å². The van der Waals surface area contributed by atoms with Crippen LogP contribution in [0.5, 0.6) is 17.2 Å². The van der Waals surface area contributed by atoms with Crippen LogP contribution in [-0.2, 0) is 6.61 Å². The van der Waals surface area contributed by atoms with E-state index in [-0.39, 0.29) is 12.7 Å². The highest BCUT2D eigenvalue weighted by Crippen LogP contribution is 2.32. The molecule has 30 heavy (non-hydrogen) atoms. The van der Waals surface area contributed by atoms with Crippen molar-refractivity contribution in [2.24, 2.45) is 5.10 Å². The molecule has 4 rings (SSSR count). The summed E-state index contributed by atoms with van der Waals surface area (Å²) in [7, 11) is 0. The van der Waals surface area contributed by atoms with E-state index < -0.39 is 0 Å². The zero-order valence-electron chi connectivity index (χ0n) is 15.6. The van der Waals surface area contributed by atoms with Gasteiger partial charge in [0, 0.05) is 10.6 Å². The summed E-state index contributed by atoms with van der Waals surface area (Å²) in [6, 6.07) is 18.0. The topological polar surface area (TPSA) is 69.2 Å². The summed E-state index contributed by atoms with van der Waals surface area (Å²) in [6.07, 6.45) is 1.55. The Morgan fingerprint density at radius 1 is 1.10 bits per heavy atom. The highest BCUT2D eigenvalue weighted by Gasteiger charge is 2.15. The molecule has 0 fully saturated rings. The Balaban J connectivity index is 1.34. The van der Waals surface area contributed by atoms with Gasteiger partial charge in [0.05, 0.1) is 10.7 Å². The number of carbonyl (C=O) groups is 1. The van der Waals surface area contributed by atoms with Crippen LogP contribution in [0.4, 0.5) is 0 Å². The van der Waals surface area contributed by atoms with E-state index in [1.165, 1.54) is 0 Å². The summed E-state index contributed by atoms with van der Waals surface area (Å²) in [4.78, 5) is 12.2. The van der Waals surface area contributed by atoms with Gasteiger partial charge in [-0.1, -0.05) is 23.7 Å². The van der Waals surface area contributed by atoms with Crippen molar-refractivity contribution >= 4 is 39.7 Å². The van der Waals surface area contributed by atoms with Gasteiger partial charge in [-0.3, -0.25) is 4.79 Å². The lowest BCUT2D eigenvalue weighted by molar-refractivity contribution is 0.0954. The molecule has 1 heterocycles. The van der Waals surface area contributed by atoms with Crippen molar-refractivity contribution in [3.05, 3.63) is 86.8 Å². The molecule has 3 aromatic rings. The van der Waals surface area contributed by atoms with E-state index in [1.807, 2.05) is 42.5 Å². The first-order chi connectivity index (χ1) is 14.6. The number of ether oxygens (including phenoxy) is 3. The molecule has 152 valence electrons. The average molecular weight is 488 g/mol. The number of hydrogen-bond donors (Lipinski definition) is 1. The van der Waals surface area contributed by atoms with Crippen molar-refractivity contribution in [2.75, 3.05) is 6.79 Å². The van der Waals surface area contributed by atoms with Gasteiger partial charge in [-0.2, -0.15) is 5.10 Å². The largest absolute Gasteiger partial charge is 0.488 e. The minimum Gasteiger partial charge on any atom is -0.488 e. The fraction of sp³-hybridized carbons (Fsp3) is 0.0909. The average Bonchev–Trinajstić information content (AvgIpc) is 3.22. The summed E-state index contributed by atoms with van der Waals surface area (Å²) in [6.45, 7) is 0.585. The normalized spacial score (nSPS) is 12.2. The van der Waals surface area contributed by atoms with E-state index in [9.17, 15) is 4.79 Å². The van der Waals surface area contributed by atoms with Crippen LogP contribution in [0, 0.1) is 0 Å². The molecular weight excluding hydrogens is 472 g/mol. The maximum Gasteiger partial charge on any atom is 0.271 e. The molecule has 0 saturated heterocycles. The zero-order chi connectivity index (χ0) is 20.9. The Bertz CT molecular complexity index is 1100. The zero-order valence-corrected chi connectivity index (χ0v) is 17.9. The summed E-state index contributed by atoms with van der Waals surface area (Å²) in [5.41, 5.74) is 4.75. The van der Waals surface area contributed by atoms with Crippen molar-refractivity contribution in [3.63, 3.8) is 0 Å². The molecule has 1 aliphatic rings. The number of carbonyl (C=O) groups excluding carboxylic acids is 1. The molecule has 0 spiro atoms. The molecule has 1 aliphatic heterocycles. The second-order valence-electron chi connectivity index (χ2n) is 6.37. The number of rotatable bonds is 6. The SMILES string of the molecule is O=C(N/N=C\c1ccc(OCc2ccc(Cl)cc2)c(Br)c1)c1ccc2c(c1)OCO2. The van der Waals surface area contributed by atoms with Crippen LogP contribution in [0.25, 0.3) is 0 Å². The summed E-state index contributed by atoms with van der Waals surface area (Å²) in [5.74, 6) is 1.53. The third-order valence-corrected chi connectivity index (χ3v) is 5.15. The number of hydrogen-bond acceptors (Lipinski definition) is 5. The van der Waals surface area contributed by atoms with E-state index in [0.29, 0.717) is 34.4 Å². The van der Waals surface area contributed by atoms with Crippen LogP contribution in [0.15, 0.2) is 70.2 Å². The van der Waals surface area contributed by atoms with Gasteiger partial charge in [-0.05, 0) is 75.6 Å². The van der Waals surface area contributed by atoms with E-state index in [4.69, 9.17) is 25.8 Å². The van der Waals surface area contributed by atoms with Gasteiger partial charge in [0.15, 0.2) is 11.5 Å². The van der Waals surface area contributed by atoms with Crippen LogP contribution in [0.2, 0.25) is 5.02 Å². The maximum absolute atomic E-state index is 12.2. The quantitative estimate of drug-likeness (QED) is 0.384. The lowest BCUT2D eigenvalue weighted by Crippen LogP contribution is -2.17. The molecule has 1 amide bonds. The number of halogens is 2. The number of hydrazone groups is 1. The van der Waals surface area contributed by atoms with Crippen molar-refractivity contribution < 1.29 is 19.0 Å². The number of nitrogens with one attached hydrogen (secondary N) is 1. The van der Waals surface area contributed by atoms with Gasteiger partial charge < -0.3 is 14.2 Å². The molecule has 0 saturated carbocycles. The second kappa shape index (κ2) is 9.19. The molecule has 0 aromatic heterocycles. The predicted molar refractivity (Wildman–Crippen MR) is 118 cm³/mol. The van der Waals surface area contributed by atoms with Crippen LogP contribution in [0.1, 0.15) is 21.5 Å². The first kappa shape index (κ1) is 20.3. The van der Waals surface area contributed by atoms with Crippen molar-refractivity contribution in [2.45, 2.75) is 6.61 Å². The number of fused-ring (bicyclic) bond motifs is 1. The van der Waals surface area contributed by atoms with Gasteiger partial charge in [0.25, 0.3) is 5.91 Å². The Hall–Kier alpha value is -3.03. The van der Waals surface area contributed by atoms with Crippen molar-refractivity contribution in [3.8, 4) is 17.2 Å². The lowest BCUT2D eigenvalue weighted by atomic mass is 10.2. The Labute approximate surface area is 186 Å². The van der Waals surface area contributed by atoms with Crippen LogP contribution < -0.4 is 19.6 Å². The Morgan fingerprint density at radius 3 is 2.70 bits per heavy atom. The third-order valence-electron chi connectivity index (χ3n) is 4.28. The molecule has 1 N–H and O–H groups in total.